The number of carbonyl (C=O) groups excluding carboxylic acids is 1. The van der Waals surface area contributed by atoms with Gasteiger partial charge >= 0.3 is 5.97 Å². The number of ether oxygens (including phenoxy) is 2. The Morgan fingerprint density at radius 1 is 0.875 bits per heavy atom. The summed E-state index contributed by atoms with van der Waals surface area (Å²) in [5, 5.41) is 0. The van der Waals surface area contributed by atoms with E-state index in [-0.39, 0.29) is 18.0 Å². The molecule has 0 heterocycles. The predicted octanol–water partition coefficient (Wildman–Crippen LogP) is 4.51. The summed E-state index contributed by atoms with van der Waals surface area (Å²) in [6.07, 6.45) is 3.85. The Labute approximate surface area is 143 Å². The van der Waals surface area contributed by atoms with Crippen LogP contribution in [0.1, 0.15) is 36.8 Å². The molecule has 3 heteroatoms. The van der Waals surface area contributed by atoms with Gasteiger partial charge < -0.3 is 9.47 Å². The third-order valence-corrected chi connectivity index (χ3v) is 4.51. The first kappa shape index (κ1) is 16.7. The first-order valence-electron chi connectivity index (χ1n) is 8.67. The molecule has 0 spiro atoms. The van der Waals surface area contributed by atoms with E-state index in [1.807, 2.05) is 48.5 Å². The van der Waals surface area contributed by atoms with Gasteiger partial charge in [0.25, 0.3) is 0 Å². The molecule has 3 nitrogen and oxygen atoms in total. The van der Waals surface area contributed by atoms with E-state index in [9.17, 15) is 4.79 Å². The molecule has 3 rings (SSSR count). The van der Waals surface area contributed by atoms with E-state index < -0.39 is 0 Å². The van der Waals surface area contributed by atoms with E-state index in [4.69, 9.17) is 9.47 Å². The topological polar surface area (TPSA) is 35.5 Å². The molecule has 1 aliphatic carbocycles. The third kappa shape index (κ3) is 4.93. The second-order valence-electron chi connectivity index (χ2n) is 6.38. The summed E-state index contributed by atoms with van der Waals surface area (Å²) >= 11 is 0. The largest absolute Gasteiger partial charge is 0.461 e. The van der Waals surface area contributed by atoms with Crippen LogP contribution in [0, 0.1) is 5.92 Å². The Morgan fingerprint density at radius 3 is 2.17 bits per heavy atom. The number of benzene rings is 2. The maximum Gasteiger partial charge on any atom is 0.309 e. The van der Waals surface area contributed by atoms with Crippen molar-refractivity contribution in [3.8, 4) is 0 Å². The highest BCUT2D eigenvalue weighted by atomic mass is 16.5. The molecule has 1 fully saturated rings. The van der Waals surface area contributed by atoms with Crippen molar-refractivity contribution in [3.05, 3.63) is 71.8 Å². The summed E-state index contributed by atoms with van der Waals surface area (Å²) in [5.41, 5.74) is 2.20. The average molecular weight is 324 g/mol. The van der Waals surface area contributed by atoms with Crippen LogP contribution in [0.15, 0.2) is 60.7 Å². The molecule has 0 amide bonds. The smallest absolute Gasteiger partial charge is 0.309 e. The van der Waals surface area contributed by atoms with Gasteiger partial charge in [0.2, 0.25) is 0 Å². The molecule has 1 saturated carbocycles. The van der Waals surface area contributed by atoms with Gasteiger partial charge in [-0.3, -0.25) is 4.79 Å². The monoisotopic (exact) mass is 324 g/mol. The van der Waals surface area contributed by atoms with Crippen LogP contribution >= 0.6 is 0 Å². The molecule has 0 aliphatic heterocycles. The van der Waals surface area contributed by atoms with Crippen molar-refractivity contribution in [3.63, 3.8) is 0 Å². The highest BCUT2D eigenvalue weighted by molar-refractivity contribution is 5.72. The van der Waals surface area contributed by atoms with E-state index in [1.54, 1.807) is 0 Å². The van der Waals surface area contributed by atoms with Crippen LogP contribution in [0.4, 0.5) is 0 Å². The lowest BCUT2D eigenvalue weighted by Gasteiger charge is -2.28. The lowest BCUT2D eigenvalue weighted by Crippen LogP contribution is -2.29. The molecule has 2 aromatic rings. The first-order valence-corrected chi connectivity index (χ1v) is 8.67. The summed E-state index contributed by atoms with van der Waals surface area (Å²) in [6.45, 7) is 0.961. The fourth-order valence-corrected chi connectivity index (χ4v) is 3.15. The second kappa shape index (κ2) is 8.65. The Morgan fingerprint density at radius 2 is 1.50 bits per heavy atom. The average Bonchev–Trinajstić information content (AvgIpc) is 2.66. The Kier molecular flexibility index (Phi) is 6.02. The van der Waals surface area contributed by atoms with Gasteiger partial charge in [-0.1, -0.05) is 67.1 Å². The van der Waals surface area contributed by atoms with Crippen LogP contribution in [0.5, 0.6) is 0 Å². The fourth-order valence-electron chi connectivity index (χ4n) is 3.15. The fraction of sp³-hybridized carbons (Fsp3) is 0.381. The zero-order chi connectivity index (χ0) is 16.6. The summed E-state index contributed by atoms with van der Waals surface area (Å²) < 4.78 is 11.5. The first-order chi connectivity index (χ1) is 11.8. The van der Waals surface area contributed by atoms with Gasteiger partial charge in [0, 0.05) is 0 Å². The second-order valence-corrected chi connectivity index (χ2v) is 6.38. The summed E-state index contributed by atoms with van der Waals surface area (Å²) in [5.74, 6) is -0.130. The Bertz CT molecular complexity index is 624. The van der Waals surface area contributed by atoms with Crippen LogP contribution in [0.2, 0.25) is 0 Å². The van der Waals surface area contributed by atoms with Crippen LogP contribution in [-0.4, -0.2) is 12.1 Å². The quantitative estimate of drug-likeness (QED) is 0.734. The number of hydrogen-bond acceptors (Lipinski definition) is 3. The van der Waals surface area contributed by atoms with Crippen molar-refractivity contribution >= 4 is 5.97 Å². The van der Waals surface area contributed by atoms with Crippen molar-refractivity contribution in [1.29, 1.82) is 0 Å². The van der Waals surface area contributed by atoms with E-state index in [0.29, 0.717) is 13.2 Å². The zero-order valence-electron chi connectivity index (χ0n) is 13.9. The minimum atomic E-state index is -0.0909. The number of rotatable bonds is 6. The third-order valence-electron chi connectivity index (χ3n) is 4.51. The van der Waals surface area contributed by atoms with E-state index >= 15 is 0 Å². The maximum absolute atomic E-state index is 12.3. The highest BCUT2D eigenvalue weighted by Gasteiger charge is 2.28. The molecule has 0 bridgehead atoms. The standard InChI is InChI=1S/C21H24O3/c22-21(24-16-18-10-5-2-6-11-18)19-12-7-13-20(14-19)23-15-17-8-3-1-4-9-17/h1-6,8-11,19-20H,7,12-16H2/t19?,20-/m0/s1. The van der Waals surface area contributed by atoms with E-state index in [1.165, 1.54) is 5.56 Å². The molecule has 1 aliphatic rings. The summed E-state index contributed by atoms with van der Waals surface area (Å²) in [6, 6.07) is 20.0. The number of hydrogen-bond donors (Lipinski definition) is 0. The minimum Gasteiger partial charge on any atom is -0.461 e. The highest BCUT2D eigenvalue weighted by Crippen LogP contribution is 2.28. The molecule has 24 heavy (non-hydrogen) atoms. The van der Waals surface area contributed by atoms with Gasteiger partial charge in [0.05, 0.1) is 18.6 Å². The predicted molar refractivity (Wildman–Crippen MR) is 93.2 cm³/mol. The molecule has 0 radical (unpaired) electrons. The molecular weight excluding hydrogens is 300 g/mol. The van der Waals surface area contributed by atoms with Crippen molar-refractivity contribution in [2.24, 2.45) is 5.92 Å². The van der Waals surface area contributed by atoms with Crippen molar-refractivity contribution in [2.75, 3.05) is 0 Å². The molecule has 2 atom stereocenters. The number of esters is 1. The molecular formula is C21H24O3. The lowest BCUT2D eigenvalue weighted by atomic mass is 9.87. The van der Waals surface area contributed by atoms with E-state index in [2.05, 4.69) is 12.1 Å². The molecule has 2 aromatic carbocycles. The minimum absolute atomic E-state index is 0.0387. The number of carbonyl (C=O) groups is 1. The van der Waals surface area contributed by atoms with Crippen molar-refractivity contribution in [1.82, 2.24) is 0 Å². The zero-order valence-corrected chi connectivity index (χ0v) is 13.9. The van der Waals surface area contributed by atoms with E-state index in [0.717, 1.165) is 31.2 Å². The lowest BCUT2D eigenvalue weighted by molar-refractivity contribution is -0.153. The van der Waals surface area contributed by atoms with Gasteiger partial charge in [0.1, 0.15) is 6.61 Å². The van der Waals surface area contributed by atoms with Gasteiger partial charge in [-0.05, 0) is 30.4 Å². The molecule has 126 valence electrons. The Balaban J connectivity index is 1.45. The van der Waals surface area contributed by atoms with Crippen molar-refractivity contribution in [2.45, 2.75) is 45.0 Å². The van der Waals surface area contributed by atoms with Crippen molar-refractivity contribution < 1.29 is 14.3 Å². The van der Waals surface area contributed by atoms with Gasteiger partial charge in [-0.15, -0.1) is 0 Å². The SMILES string of the molecule is O=C(OCc1ccccc1)C1CCC[C@H](OCc2ccccc2)C1. The summed E-state index contributed by atoms with van der Waals surface area (Å²) in [7, 11) is 0. The molecule has 0 saturated heterocycles. The van der Waals surface area contributed by atoms with Crippen LogP contribution < -0.4 is 0 Å². The molecule has 1 unspecified atom stereocenters. The molecule has 0 aromatic heterocycles. The summed E-state index contributed by atoms with van der Waals surface area (Å²) in [4.78, 5) is 12.3. The van der Waals surface area contributed by atoms with Gasteiger partial charge in [0.15, 0.2) is 0 Å². The van der Waals surface area contributed by atoms with Crippen LogP contribution in [0.3, 0.4) is 0 Å². The molecule has 0 N–H and O–H groups in total. The van der Waals surface area contributed by atoms with Crippen LogP contribution in [0.25, 0.3) is 0 Å². The van der Waals surface area contributed by atoms with Gasteiger partial charge in [-0.25, -0.2) is 0 Å². The van der Waals surface area contributed by atoms with Crippen LogP contribution in [-0.2, 0) is 27.5 Å². The maximum atomic E-state index is 12.3. The Hall–Kier alpha value is -2.13. The normalized spacial score (nSPS) is 20.5. The van der Waals surface area contributed by atoms with Gasteiger partial charge in [-0.2, -0.15) is 0 Å².